The Morgan fingerprint density at radius 2 is 1.83 bits per heavy atom. The molecule has 0 heterocycles. The minimum absolute atomic E-state index is 0.0513. The van der Waals surface area contributed by atoms with E-state index in [0.717, 1.165) is 12.8 Å². The molecule has 1 amide bonds. The summed E-state index contributed by atoms with van der Waals surface area (Å²) in [5.41, 5.74) is 5.35. The van der Waals surface area contributed by atoms with Crippen LogP contribution < -0.4 is 11.1 Å². The van der Waals surface area contributed by atoms with Crippen LogP contribution in [0.25, 0.3) is 0 Å². The van der Waals surface area contributed by atoms with Crippen molar-refractivity contribution in [2.75, 3.05) is 6.54 Å². The summed E-state index contributed by atoms with van der Waals surface area (Å²) in [6, 6.07) is -0.823. The van der Waals surface area contributed by atoms with Crippen molar-refractivity contribution in [3.63, 3.8) is 0 Å². The molecule has 0 saturated carbocycles. The topological polar surface area (TPSA) is 92.4 Å². The van der Waals surface area contributed by atoms with Gasteiger partial charge in [-0.15, -0.1) is 0 Å². The fraction of sp³-hybridized carbons (Fsp3) is 0.846. The molecule has 0 aromatic heterocycles. The van der Waals surface area contributed by atoms with Crippen LogP contribution in [0.4, 0.5) is 0 Å². The molecule has 0 bridgehead atoms. The summed E-state index contributed by atoms with van der Waals surface area (Å²) in [7, 11) is 0. The van der Waals surface area contributed by atoms with Crippen LogP contribution in [0.3, 0.4) is 0 Å². The first-order chi connectivity index (χ1) is 8.57. The highest BCUT2D eigenvalue weighted by Gasteiger charge is 2.10. The van der Waals surface area contributed by atoms with Crippen LogP contribution in [0.15, 0.2) is 0 Å². The largest absolute Gasteiger partial charge is 0.480 e. The molecule has 0 saturated heterocycles. The zero-order valence-electron chi connectivity index (χ0n) is 11.3. The first-order valence-electron chi connectivity index (χ1n) is 6.83. The maximum absolute atomic E-state index is 11.4. The van der Waals surface area contributed by atoms with Gasteiger partial charge >= 0.3 is 5.97 Å². The van der Waals surface area contributed by atoms with E-state index < -0.39 is 12.0 Å². The van der Waals surface area contributed by atoms with Gasteiger partial charge in [-0.05, 0) is 19.3 Å². The molecule has 0 aliphatic rings. The predicted molar refractivity (Wildman–Crippen MR) is 71.2 cm³/mol. The van der Waals surface area contributed by atoms with Crippen LogP contribution >= 0.6 is 0 Å². The number of carbonyl (C=O) groups excluding carboxylic acids is 1. The van der Waals surface area contributed by atoms with Crippen LogP contribution in [0, 0.1) is 0 Å². The van der Waals surface area contributed by atoms with Crippen molar-refractivity contribution in [3.05, 3.63) is 0 Å². The van der Waals surface area contributed by atoms with Crippen molar-refractivity contribution in [1.82, 2.24) is 5.32 Å². The number of carboxylic acid groups (broad SMARTS) is 1. The quantitative estimate of drug-likeness (QED) is 0.491. The number of hydrogen-bond acceptors (Lipinski definition) is 3. The highest BCUT2D eigenvalue weighted by Crippen LogP contribution is 2.04. The van der Waals surface area contributed by atoms with E-state index >= 15 is 0 Å². The first-order valence-corrected chi connectivity index (χ1v) is 6.83. The van der Waals surface area contributed by atoms with Gasteiger partial charge in [0.25, 0.3) is 0 Å². The third-order valence-corrected chi connectivity index (χ3v) is 2.84. The number of nitrogens with one attached hydrogen (secondary N) is 1. The molecule has 0 spiro atoms. The fourth-order valence-electron chi connectivity index (χ4n) is 1.65. The molecule has 0 fully saturated rings. The molecular formula is C13H26N2O3. The van der Waals surface area contributed by atoms with Gasteiger partial charge in [0, 0.05) is 13.0 Å². The van der Waals surface area contributed by atoms with Crippen LogP contribution in [-0.2, 0) is 9.59 Å². The summed E-state index contributed by atoms with van der Waals surface area (Å²) >= 11 is 0. The smallest absolute Gasteiger partial charge is 0.320 e. The molecular weight excluding hydrogens is 232 g/mol. The average molecular weight is 258 g/mol. The summed E-state index contributed by atoms with van der Waals surface area (Å²) in [6.45, 7) is 2.67. The van der Waals surface area contributed by atoms with Gasteiger partial charge in [0.2, 0.25) is 5.91 Å². The molecule has 106 valence electrons. The Kier molecular flexibility index (Phi) is 10.3. The van der Waals surface area contributed by atoms with Gasteiger partial charge < -0.3 is 16.2 Å². The van der Waals surface area contributed by atoms with Crippen LogP contribution in [0.2, 0.25) is 0 Å². The van der Waals surface area contributed by atoms with Crippen molar-refractivity contribution in [2.24, 2.45) is 5.73 Å². The predicted octanol–water partition coefficient (Wildman–Crippen LogP) is 1.66. The van der Waals surface area contributed by atoms with Gasteiger partial charge in [-0.1, -0.05) is 32.6 Å². The fourth-order valence-corrected chi connectivity index (χ4v) is 1.65. The van der Waals surface area contributed by atoms with Crippen LogP contribution in [0.1, 0.15) is 58.3 Å². The Bertz CT molecular complexity index is 244. The second kappa shape index (κ2) is 11.0. The number of nitrogens with two attached hydrogens (primary N) is 1. The Morgan fingerprint density at radius 1 is 1.17 bits per heavy atom. The van der Waals surface area contributed by atoms with Gasteiger partial charge in [0.1, 0.15) is 6.04 Å². The minimum Gasteiger partial charge on any atom is -0.480 e. The molecule has 0 unspecified atom stereocenters. The Morgan fingerprint density at radius 3 is 2.44 bits per heavy atom. The highest BCUT2D eigenvalue weighted by atomic mass is 16.4. The highest BCUT2D eigenvalue weighted by molar-refractivity contribution is 5.75. The molecule has 1 atom stereocenters. The van der Waals surface area contributed by atoms with Crippen molar-refractivity contribution < 1.29 is 14.7 Å². The summed E-state index contributed by atoms with van der Waals surface area (Å²) in [6.07, 6.45) is 7.23. The Labute approximate surface area is 109 Å². The number of amides is 1. The first kappa shape index (κ1) is 16.9. The van der Waals surface area contributed by atoms with Gasteiger partial charge in [-0.2, -0.15) is 0 Å². The summed E-state index contributed by atoms with van der Waals surface area (Å²) in [5.74, 6) is -0.937. The molecule has 0 aliphatic carbocycles. The minimum atomic E-state index is -0.989. The number of rotatable bonds is 11. The summed E-state index contributed by atoms with van der Waals surface area (Å²) in [4.78, 5) is 21.8. The van der Waals surface area contributed by atoms with Gasteiger partial charge in [-0.3, -0.25) is 9.59 Å². The molecule has 5 heteroatoms. The van der Waals surface area contributed by atoms with E-state index in [1.54, 1.807) is 0 Å². The number of unbranched alkanes of at least 4 members (excludes halogenated alkanes) is 4. The lowest BCUT2D eigenvalue weighted by Crippen LogP contribution is -2.32. The molecule has 0 rings (SSSR count). The monoisotopic (exact) mass is 258 g/mol. The van der Waals surface area contributed by atoms with Crippen LogP contribution in [0.5, 0.6) is 0 Å². The summed E-state index contributed by atoms with van der Waals surface area (Å²) in [5, 5.41) is 11.3. The maximum Gasteiger partial charge on any atom is 0.320 e. The van der Waals surface area contributed by atoms with E-state index in [-0.39, 0.29) is 5.91 Å². The van der Waals surface area contributed by atoms with Gasteiger partial charge in [-0.25, -0.2) is 0 Å². The van der Waals surface area contributed by atoms with Gasteiger partial charge in [0.15, 0.2) is 0 Å². The molecule has 4 N–H and O–H groups in total. The van der Waals surface area contributed by atoms with Crippen LogP contribution in [-0.4, -0.2) is 29.6 Å². The molecule has 0 aromatic carbocycles. The molecule has 0 radical (unpaired) electrons. The lowest BCUT2D eigenvalue weighted by atomic mass is 10.1. The van der Waals surface area contributed by atoms with E-state index in [4.69, 9.17) is 10.8 Å². The average Bonchev–Trinajstić information content (AvgIpc) is 2.34. The van der Waals surface area contributed by atoms with Crippen molar-refractivity contribution in [2.45, 2.75) is 64.3 Å². The second-order valence-electron chi connectivity index (χ2n) is 4.60. The summed E-state index contributed by atoms with van der Waals surface area (Å²) < 4.78 is 0. The Balaban J connectivity index is 3.34. The molecule has 5 nitrogen and oxygen atoms in total. The van der Waals surface area contributed by atoms with E-state index in [0.29, 0.717) is 25.8 Å². The second-order valence-corrected chi connectivity index (χ2v) is 4.60. The van der Waals surface area contributed by atoms with E-state index in [9.17, 15) is 9.59 Å². The maximum atomic E-state index is 11.4. The standard InChI is InChI=1S/C13H26N2O3/c1-2-3-4-5-6-9-12(16)15-10-7-8-11(14)13(17)18/h11H,2-10,14H2,1H3,(H,15,16)(H,17,18)/t11-/m0/s1. The molecule has 0 aliphatic heterocycles. The Hall–Kier alpha value is -1.10. The lowest BCUT2D eigenvalue weighted by molar-refractivity contribution is -0.138. The van der Waals surface area contributed by atoms with E-state index in [1.807, 2.05) is 0 Å². The molecule has 0 aromatic rings. The third kappa shape index (κ3) is 10.1. The zero-order valence-corrected chi connectivity index (χ0v) is 11.3. The number of carbonyl (C=O) groups is 2. The normalized spacial score (nSPS) is 12.1. The number of hydrogen-bond donors (Lipinski definition) is 3. The van der Waals surface area contributed by atoms with E-state index in [1.165, 1.54) is 19.3 Å². The SMILES string of the molecule is CCCCCCCC(=O)NCCC[C@H](N)C(=O)O. The zero-order chi connectivity index (χ0) is 13.8. The molecule has 18 heavy (non-hydrogen) atoms. The number of carboxylic acids is 1. The van der Waals surface area contributed by atoms with Crippen molar-refractivity contribution in [1.29, 1.82) is 0 Å². The number of aliphatic carboxylic acids is 1. The van der Waals surface area contributed by atoms with Gasteiger partial charge in [0.05, 0.1) is 0 Å². The third-order valence-electron chi connectivity index (χ3n) is 2.84. The van der Waals surface area contributed by atoms with E-state index in [2.05, 4.69) is 12.2 Å². The van der Waals surface area contributed by atoms with Crippen molar-refractivity contribution in [3.8, 4) is 0 Å². The lowest BCUT2D eigenvalue weighted by Gasteiger charge is -2.07. The van der Waals surface area contributed by atoms with Crippen molar-refractivity contribution >= 4 is 11.9 Å².